The molecule has 3 aromatic carbocycles. The molecule has 0 radical (unpaired) electrons. The van der Waals surface area contributed by atoms with Crippen molar-refractivity contribution in [3.8, 4) is 17.1 Å². The van der Waals surface area contributed by atoms with E-state index in [4.69, 9.17) is 0 Å². The van der Waals surface area contributed by atoms with Crippen LogP contribution in [0.4, 0.5) is 10.1 Å². The molecule has 0 spiro atoms. The van der Waals surface area contributed by atoms with Crippen LogP contribution in [-0.2, 0) is 4.79 Å². The number of anilines is 1. The van der Waals surface area contributed by atoms with Gasteiger partial charge >= 0.3 is 0 Å². The number of halogens is 1. The average Bonchev–Trinajstić information content (AvgIpc) is 3.50. The van der Waals surface area contributed by atoms with Gasteiger partial charge in [0.1, 0.15) is 5.82 Å². The van der Waals surface area contributed by atoms with Crippen LogP contribution in [0.1, 0.15) is 23.2 Å². The van der Waals surface area contributed by atoms with Gasteiger partial charge in [-0.25, -0.2) is 4.39 Å². The third kappa shape index (κ3) is 4.49. The molecule has 6 nitrogen and oxygen atoms in total. The van der Waals surface area contributed by atoms with E-state index in [2.05, 4.69) is 10.2 Å². The van der Waals surface area contributed by atoms with Gasteiger partial charge in [0.05, 0.1) is 5.75 Å². The number of carbonyl (C=O) groups is 2. The maximum Gasteiger partial charge on any atom is 0.227 e. The van der Waals surface area contributed by atoms with Gasteiger partial charge < -0.3 is 4.90 Å². The van der Waals surface area contributed by atoms with E-state index in [0.717, 1.165) is 23.4 Å². The number of amides is 1. The minimum Gasteiger partial charge on any atom is -0.312 e. The molecular weight excluding hydrogens is 451 g/mol. The Morgan fingerprint density at radius 1 is 0.912 bits per heavy atom. The number of hydrogen-bond acceptors (Lipinski definition) is 5. The third-order valence-electron chi connectivity index (χ3n) is 5.66. The minimum atomic E-state index is -0.324. The van der Waals surface area contributed by atoms with E-state index in [1.807, 2.05) is 47.0 Å². The van der Waals surface area contributed by atoms with Crippen LogP contribution in [-0.4, -0.2) is 38.8 Å². The normalized spacial score (nSPS) is 13.4. The molecule has 0 saturated carbocycles. The van der Waals surface area contributed by atoms with Crippen LogP contribution in [0.5, 0.6) is 0 Å². The summed E-state index contributed by atoms with van der Waals surface area (Å²) in [5.74, 6) is 0.494. The molecule has 4 aromatic rings. The zero-order chi connectivity index (χ0) is 23.5. The minimum absolute atomic E-state index is 0.0461. The van der Waals surface area contributed by atoms with Gasteiger partial charge in [-0.2, -0.15) is 0 Å². The fourth-order valence-electron chi connectivity index (χ4n) is 3.92. The van der Waals surface area contributed by atoms with Crippen molar-refractivity contribution in [2.45, 2.75) is 18.0 Å². The molecule has 1 aromatic heterocycles. The van der Waals surface area contributed by atoms with E-state index >= 15 is 0 Å². The molecule has 1 aliphatic heterocycles. The lowest BCUT2D eigenvalue weighted by atomic mass is 10.1. The van der Waals surface area contributed by atoms with Crippen LogP contribution >= 0.6 is 11.8 Å². The fourth-order valence-corrected chi connectivity index (χ4v) is 4.77. The summed E-state index contributed by atoms with van der Waals surface area (Å²) in [5.41, 5.74) is 2.97. The lowest BCUT2D eigenvalue weighted by molar-refractivity contribution is -0.117. The predicted octanol–water partition coefficient (Wildman–Crippen LogP) is 5.18. The zero-order valence-corrected chi connectivity index (χ0v) is 19.0. The zero-order valence-electron chi connectivity index (χ0n) is 18.2. The fraction of sp³-hybridized carbons (Fsp3) is 0.154. The molecule has 1 saturated heterocycles. The van der Waals surface area contributed by atoms with Gasteiger partial charge in [0.25, 0.3) is 0 Å². The Hall–Kier alpha value is -3.78. The Balaban J connectivity index is 1.36. The first-order valence-corrected chi connectivity index (χ1v) is 11.9. The molecule has 0 aliphatic carbocycles. The molecule has 0 N–H and O–H groups in total. The number of thioether (sulfide) groups is 1. The molecule has 0 atom stereocenters. The first-order valence-electron chi connectivity index (χ1n) is 10.9. The Kier molecular flexibility index (Phi) is 6.22. The molecule has 0 bridgehead atoms. The monoisotopic (exact) mass is 472 g/mol. The number of carbonyl (C=O) groups excluding carboxylic acids is 2. The molecule has 8 heteroatoms. The van der Waals surface area contributed by atoms with Crippen molar-refractivity contribution in [3.05, 3.63) is 90.2 Å². The average molecular weight is 473 g/mol. The van der Waals surface area contributed by atoms with Crippen molar-refractivity contribution in [3.63, 3.8) is 0 Å². The highest BCUT2D eigenvalue weighted by atomic mass is 32.2. The van der Waals surface area contributed by atoms with Crippen LogP contribution in [0, 0.1) is 5.82 Å². The van der Waals surface area contributed by atoms with Crippen molar-refractivity contribution in [2.75, 3.05) is 17.2 Å². The number of aromatic nitrogens is 3. The van der Waals surface area contributed by atoms with E-state index in [1.165, 1.54) is 23.9 Å². The van der Waals surface area contributed by atoms with Crippen LogP contribution in [0.15, 0.2) is 84.0 Å². The Morgan fingerprint density at radius 2 is 1.65 bits per heavy atom. The Morgan fingerprint density at radius 3 is 2.32 bits per heavy atom. The molecule has 170 valence electrons. The molecule has 1 amide bonds. The molecule has 2 heterocycles. The van der Waals surface area contributed by atoms with Crippen LogP contribution in [0.25, 0.3) is 17.1 Å². The topological polar surface area (TPSA) is 68.1 Å². The van der Waals surface area contributed by atoms with Crippen molar-refractivity contribution in [2.24, 2.45) is 0 Å². The maximum atomic E-state index is 13.4. The SMILES string of the molecule is O=C(CSc1nnc(-c2ccc(F)cc2)n1-c1ccccc1)c1ccc(N2CCCC2=O)cc1. The smallest absolute Gasteiger partial charge is 0.227 e. The van der Waals surface area contributed by atoms with Gasteiger partial charge in [-0.15, -0.1) is 10.2 Å². The standard InChI is InChI=1S/C26H21FN4O2S/c27-20-12-8-19(9-13-20)25-28-29-26(31(25)22-5-2-1-3-6-22)34-17-23(32)18-10-14-21(15-11-18)30-16-4-7-24(30)33/h1-3,5-6,8-15H,4,7,16-17H2. The van der Waals surface area contributed by atoms with Crippen LogP contribution < -0.4 is 4.90 Å². The van der Waals surface area contributed by atoms with Gasteiger partial charge in [0, 0.05) is 35.5 Å². The number of hydrogen-bond donors (Lipinski definition) is 0. The van der Waals surface area contributed by atoms with Crippen molar-refractivity contribution < 1.29 is 14.0 Å². The number of ketones is 1. The van der Waals surface area contributed by atoms with E-state index in [9.17, 15) is 14.0 Å². The highest BCUT2D eigenvalue weighted by molar-refractivity contribution is 7.99. The first kappa shape index (κ1) is 22.0. The quantitative estimate of drug-likeness (QED) is 0.274. The van der Waals surface area contributed by atoms with Crippen molar-refractivity contribution >= 4 is 29.1 Å². The number of nitrogens with zero attached hydrogens (tertiary/aromatic N) is 4. The summed E-state index contributed by atoms with van der Waals surface area (Å²) in [6.45, 7) is 0.716. The molecule has 5 rings (SSSR count). The number of rotatable bonds is 7. The lowest BCUT2D eigenvalue weighted by Crippen LogP contribution is -2.23. The second-order valence-electron chi connectivity index (χ2n) is 7.89. The van der Waals surface area contributed by atoms with Gasteiger partial charge in [-0.05, 0) is 67.1 Å². The number of Topliss-reactive ketones (excluding diaryl/α,β-unsaturated/α-hetero) is 1. The number of benzene rings is 3. The molecule has 1 fully saturated rings. The van der Waals surface area contributed by atoms with Crippen molar-refractivity contribution in [1.29, 1.82) is 0 Å². The highest BCUT2D eigenvalue weighted by Crippen LogP contribution is 2.29. The molecule has 0 unspecified atom stereocenters. The summed E-state index contributed by atoms with van der Waals surface area (Å²) in [6, 6.07) is 22.8. The summed E-state index contributed by atoms with van der Waals surface area (Å²) in [6.07, 6.45) is 1.43. The largest absolute Gasteiger partial charge is 0.312 e. The summed E-state index contributed by atoms with van der Waals surface area (Å²) >= 11 is 1.29. The first-order chi connectivity index (χ1) is 16.6. The second-order valence-corrected chi connectivity index (χ2v) is 8.83. The summed E-state index contributed by atoms with van der Waals surface area (Å²) in [4.78, 5) is 26.6. The Bertz CT molecular complexity index is 1320. The van der Waals surface area contributed by atoms with Gasteiger partial charge in [0.15, 0.2) is 16.8 Å². The van der Waals surface area contributed by atoms with E-state index in [0.29, 0.717) is 29.5 Å². The van der Waals surface area contributed by atoms with Crippen molar-refractivity contribution in [1.82, 2.24) is 14.8 Å². The van der Waals surface area contributed by atoms with Gasteiger partial charge in [-0.1, -0.05) is 30.0 Å². The Labute approximate surface area is 200 Å². The van der Waals surface area contributed by atoms with E-state index in [-0.39, 0.29) is 23.3 Å². The highest BCUT2D eigenvalue weighted by Gasteiger charge is 2.22. The maximum absolute atomic E-state index is 13.4. The van der Waals surface area contributed by atoms with Gasteiger partial charge in [-0.3, -0.25) is 14.2 Å². The van der Waals surface area contributed by atoms with E-state index in [1.54, 1.807) is 29.2 Å². The molecular formula is C26H21FN4O2S. The summed E-state index contributed by atoms with van der Waals surface area (Å²) < 4.78 is 15.3. The lowest BCUT2D eigenvalue weighted by Gasteiger charge is -2.15. The predicted molar refractivity (Wildman–Crippen MR) is 130 cm³/mol. The van der Waals surface area contributed by atoms with Crippen LogP contribution in [0.3, 0.4) is 0 Å². The van der Waals surface area contributed by atoms with E-state index < -0.39 is 0 Å². The second kappa shape index (κ2) is 9.61. The van der Waals surface area contributed by atoms with Crippen LogP contribution in [0.2, 0.25) is 0 Å². The molecule has 34 heavy (non-hydrogen) atoms. The van der Waals surface area contributed by atoms with Gasteiger partial charge in [0.2, 0.25) is 5.91 Å². The third-order valence-corrected chi connectivity index (χ3v) is 6.59. The summed E-state index contributed by atoms with van der Waals surface area (Å²) in [7, 11) is 0. The summed E-state index contributed by atoms with van der Waals surface area (Å²) in [5, 5.41) is 9.21. The molecule has 1 aliphatic rings. The number of para-hydroxylation sites is 1.